The van der Waals surface area contributed by atoms with Crippen molar-refractivity contribution in [2.24, 2.45) is 5.41 Å². The van der Waals surface area contributed by atoms with Crippen LogP contribution < -0.4 is 25.4 Å². The van der Waals surface area contributed by atoms with Crippen LogP contribution >= 0.6 is 0 Å². The summed E-state index contributed by atoms with van der Waals surface area (Å²) in [6.07, 6.45) is -8.68. The lowest BCUT2D eigenvalue weighted by molar-refractivity contribution is -0.238. The van der Waals surface area contributed by atoms with Gasteiger partial charge in [-0.2, -0.15) is 36.3 Å². The Hall–Kier alpha value is -3.77. The van der Waals surface area contributed by atoms with Crippen LogP contribution in [-0.4, -0.2) is 101 Å². The normalized spacial score (nSPS) is 27.5. The number of rotatable bonds is 6. The second-order valence-corrected chi connectivity index (χ2v) is 14.1. The first-order valence-electron chi connectivity index (χ1n) is 16.6. The van der Waals surface area contributed by atoms with Crippen molar-refractivity contribution in [2.45, 2.75) is 82.2 Å². The van der Waals surface area contributed by atoms with Crippen molar-refractivity contribution in [3.8, 4) is 23.1 Å². The Labute approximate surface area is 281 Å². The van der Waals surface area contributed by atoms with Gasteiger partial charge in [0.15, 0.2) is 11.9 Å². The minimum atomic E-state index is -4.92. The molecule has 18 heteroatoms. The number of nitrogens with two attached hydrogens (primary N) is 1. The van der Waals surface area contributed by atoms with E-state index in [4.69, 9.17) is 24.9 Å². The zero-order chi connectivity index (χ0) is 35.3. The molecule has 7 heterocycles. The van der Waals surface area contributed by atoms with E-state index in [1.807, 2.05) is 11.8 Å². The fourth-order valence-corrected chi connectivity index (χ4v) is 8.04. The highest BCUT2D eigenvalue weighted by Crippen LogP contribution is 2.49. The molecule has 4 fully saturated rings. The van der Waals surface area contributed by atoms with Crippen LogP contribution in [0.15, 0.2) is 6.07 Å². The van der Waals surface area contributed by atoms with Crippen molar-refractivity contribution in [3.05, 3.63) is 23.1 Å². The molecule has 3 aromatic heterocycles. The predicted molar refractivity (Wildman–Crippen MR) is 165 cm³/mol. The highest BCUT2D eigenvalue weighted by atomic mass is 19.4. The third kappa shape index (κ3) is 5.81. The van der Waals surface area contributed by atoms with Crippen LogP contribution in [0.1, 0.15) is 43.9 Å². The van der Waals surface area contributed by atoms with Crippen molar-refractivity contribution < 1.29 is 44.9 Å². The number of piperazine rings is 1. The monoisotopic (exact) mass is 712 g/mol. The van der Waals surface area contributed by atoms with E-state index in [0.717, 1.165) is 25.8 Å². The van der Waals surface area contributed by atoms with Gasteiger partial charge in [0.2, 0.25) is 5.88 Å². The van der Waals surface area contributed by atoms with Crippen molar-refractivity contribution >= 4 is 22.5 Å². The number of nitrogens with zero attached hydrogens (tertiary/aromatic N) is 6. The fourth-order valence-electron chi connectivity index (χ4n) is 8.04. The van der Waals surface area contributed by atoms with Crippen molar-refractivity contribution in [1.82, 2.24) is 30.2 Å². The van der Waals surface area contributed by atoms with Gasteiger partial charge < -0.3 is 30.2 Å². The average Bonchev–Trinajstić information content (AvgIpc) is 3.72. The largest absolute Gasteiger partial charge is 0.472 e. The number of hydrogen-bond donors (Lipinski definition) is 2. The molecule has 270 valence electrons. The van der Waals surface area contributed by atoms with E-state index >= 15 is 4.39 Å². The number of alkyl halides is 6. The summed E-state index contributed by atoms with van der Waals surface area (Å²) in [6, 6.07) is 0.564. The Morgan fingerprint density at radius 3 is 2.58 bits per heavy atom. The van der Waals surface area contributed by atoms with E-state index in [1.54, 1.807) is 4.90 Å². The predicted octanol–water partition coefficient (Wildman–Crippen LogP) is 4.65. The van der Waals surface area contributed by atoms with Gasteiger partial charge in [-0.05, 0) is 45.6 Å². The molecule has 8 rings (SSSR count). The minimum absolute atomic E-state index is 0.0000195. The standard InChI is InChI=1S/C32H35F7N8O3/c1-14-22(32(37,38)39)17(9-20(40)41-14)24-23(33)25-21-27(47-10-16-3-4-18(42-16)26(47)15(2)50-28(21)43-24)45-29(44-25)49-13-30(5-6-30)12-46-7-8-48-19(11-46)31(34,35)36/h9,15-16,18-19,26,42H,3-8,10-13H2,1-2H3,(H2,40,41)/t15-,16+,18-,19?,26+/m0/s1. The quantitative estimate of drug-likeness (QED) is 0.348. The van der Waals surface area contributed by atoms with Gasteiger partial charge >= 0.3 is 18.4 Å². The van der Waals surface area contributed by atoms with Gasteiger partial charge in [-0.3, -0.25) is 4.90 Å². The molecular formula is C32H35F7N8O3. The van der Waals surface area contributed by atoms with Crippen LogP contribution in [0.2, 0.25) is 0 Å². The number of nitrogen functional groups attached to an aromatic ring is 1. The number of fused-ring (bicyclic) bond motifs is 5. The van der Waals surface area contributed by atoms with Crippen LogP contribution in [0.25, 0.3) is 22.2 Å². The van der Waals surface area contributed by atoms with Gasteiger partial charge in [0, 0.05) is 49.2 Å². The van der Waals surface area contributed by atoms with E-state index in [1.165, 1.54) is 0 Å². The molecule has 3 aromatic rings. The van der Waals surface area contributed by atoms with Crippen molar-refractivity contribution in [3.63, 3.8) is 0 Å². The molecule has 4 aliphatic heterocycles. The van der Waals surface area contributed by atoms with E-state index in [9.17, 15) is 26.3 Å². The molecule has 1 saturated carbocycles. The van der Waals surface area contributed by atoms with Crippen LogP contribution in [0, 0.1) is 18.2 Å². The number of aromatic nitrogens is 4. The number of anilines is 2. The van der Waals surface area contributed by atoms with Gasteiger partial charge in [-0.15, -0.1) is 0 Å². The summed E-state index contributed by atoms with van der Waals surface area (Å²) in [6.45, 7) is 3.82. The summed E-state index contributed by atoms with van der Waals surface area (Å²) in [7, 11) is 0. The summed E-state index contributed by atoms with van der Waals surface area (Å²) in [5.41, 5.74) is 2.13. The van der Waals surface area contributed by atoms with Crippen LogP contribution in [0.5, 0.6) is 11.9 Å². The first kappa shape index (κ1) is 33.4. The zero-order valence-electron chi connectivity index (χ0n) is 27.2. The average molecular weight is 713 g/mol. The molecule has 5 aliphatic rings. The smallest absolute Gasteiger partial charge is 0.418 e. The molecule has 3 N–H and O–H groups in total. The van der Waals surface area contributed by atoms with Crippen LogP contribution in [0.4, 0.5) is 42.4 Å². The fraction of sp³-hybridized carbons (Fsp3) is 0.625. The molecule has 3 saturated heterocycles. The second-order valence-electron chi connectivity index (χ2n) is 14.1. The first-order valence-corrected chi connectivity index (χ1v) is 16.6. The molecule has 0 aromatic carbocycles. The molecule has 2 bridgehead atoms. The van der Waals surface area contributed by atoms with E-state index in [2.05, 4.69) is 20.3 Å². The summed E-state index contributed by atoms with van der Waals surface area (Å²) in [5.74, 6) is -1.23. The minimum Gasteiger partial charge on any atom is -0.472 e. The lowest BCUT2D eigenvalue weighted by Gasteiger charge is -2.42. The molecule has 0 spiro atoms. The van der Waals surface area contributed by atoms with Crippen LogP contribution in [0.3, 0.4) is 0 Å². The van der Waals surface area contributed by atoms with Gasteiger partial charge in [-0.1, -0.05) is 0 Å². The topological polar surface area (TPSA) is 124 Å². The molecule has 1 aliphatic carbocycles. The molecule has 50 heavy (non-hydrogen) atoms. The molecule has 0 radical (unpaired) electrons. The Balaban J connectivity index is 1.21. The maximum Gasteiger partial charge on any atom is 0.418 e. The highest BCUT2D eigenvalue weighted by Gasteiger charge is 2.50. The zero-order valence-corrected chi connectivity index (χ0v) is 27.2. The van der Waals surface area contributed by atoms with E-state index in [-0.39, 0.29) is 66.5 Å². The van der Waals surface area contributed by atoms with E-state index < -0.39 is 58.3 Å². The molecule has 1 unspecified atom stereocenters. The van der Waals surface area contributed by atoms with Crippen molar-refractivity contribution in [1.29, 1.82) is 0 Å². The number of pyridine rings is 2. The number of morpholine rings is 1. The third-order valence-electron chi connectivity index (χ3n) is 10.5. The summed E-state index contributed by atoms with van der Waals surface area (Å²) in [5, 5.41) is 3.70. The Kier molecular flexibility index (Phi) is 7.76. The second kappa shape index (κ2) is 11.6. The van der Waals surface area contributed by atoms with Crippen LogP contribution in [-0.2, 0) is 10.9 Å². The van der Waals surface area contributed by atoms with Gasteiger partial charge in [0.25, 0.3) is 0 Å². The third-order valence-corrected chi connectivity index (χ3v) is 10.5. The number of nitrogens with one attached hydrogen (secondary N) is 1. The van der Waals surface area contributed by atoms with Gasteiger partial charge in [0.05, 0.1) is 30.5 Å². The molecule has 11 nitrogen and oxygen atoms in total. The van der Waals surface area contributed by atoms with E-state index in [0.29, 0.717) is 38.3 Å². The number of ether oxygens (including phenoxy) is 3. The Morgan fingerprint density at radius 1 is 1.08 bits per heavy atom. The Bertz CT molecular complexity index is 1840. The maximum atomic E-state index is 16.8. The summed E-state index contributed by atoms with van der Waals surface area (Å²) >= 11 is 0. The van der Waals surface area contributed by atoms with Gasteiger partial charge in [-0.25, -0.2) is 14.4 Å². The van der Waals surface area contributed by atoms with Crippen molar-refractivity contribution in [2.75, 3.05) is 50.0 Å². The SMILES string of the molecule is Cc1nc(N)cc(-c2nc3c4c(nc(OCC5(CN6CCOC(C(F)(F)F)C6)CC5)nc4c2F)N2C[C@H]4CC[C@H](N4)[C@H]2[C@H](C)O3)c1C(F)(F)F. The number of aryl methyl sites for hydroxylation is 1. The molecular weight excluding hydrogens is 677 g/mol. The summed E-state index contributed by atoms with van der Waals surface area (Å²) in [4.78, 5) is 21.0. The first-order chi connectivity index (χ1) is 23.6. The van der Waals surface area contributed by atoms with Gasteiger partial charge in [0.1, 0.15) is 34.3 Å². The lowest BCUT2D eigenvalue weighted by Crippen LogP contribution is -2.62. The number of halogens is 7. The lowest BCUT2D eigenvalue weighted by atomic mass is 9.99. The molecule has 0 amide bonds. The Morgan fingerprint density at radius 2 is 1.86 bits per heavy atom. The summed E-state index contributed by atoms with van der Waals surface area (Å²) < 4.78 is 117. The highest BCUT2D eigenvalue weighted by molar-refractivity contribution is 5.97. The molecule has 5 atom stereocenters. The number of hydrogen-bond acceptors (Lipinski definition) is 11. The maximum absolute atomic E-state index is 16.8.